The van der Waals surface area contributed by atoms with E-state index in [2.05, 4.69) is 10.2 Å². The van der Waals surface area contributed by atoms with Crippen LogP contribution in [0.5, 0.6) is 0 Å². The number of nitrogens with one attached hydrogen (secondary N) is 1. The SMILES string of the molecule is Cl.Cl.Cl.NCCCNCC[S-].[Ge].[S-]CCN(CC[S-])CC[S-]. The third kappa shape index (κ3) is 38.3. The van der Waals surface area contributed by atoms with Crippen LogP contribution in [0.25, 0.3) is 0 Å². The van der Waals surface area contributed by atoms with Crippen molar-refractivity contribution < 1.29 is 0 Å². The van der Waals surface area contributed by atoms with Crippen molar-refractivity contribution in [3.8, 4) is 0 Å². The molecule has 0 aromatic rings. The predicted octanol–water partition coefficient (Wildman–Crippen LogP) is 0.285. The first-order valence-corrected chi connectivity index (χ1v) is 8.53. The summed E-state index contributed by atoms with van der Waals surface area (Å²) in [5, 5.41) is 3.15. The van der Waals surface area contributed by atoms with Gasteiger partial charge in [-0.2, -0.15) is 23.0 Å². The third-order valence-corrected chi connectivity index (χ3v) is 2.81. The van der Waals surface area contributed by atoms with Crippen LogP contribution >= 0.6 is 37.2 Å². The van der Waals surface area contributed by atoms with Crippen molar-refractivity contribution in [1.82, 2.24) is 10.2 Å². The van der Waals surface area contributed by atoms with Crippen molar-refractivity contribution in [2.75, 3.05) is 62.3 Å². The van der Waals surface area contributed by atoms with E-state index in [1.165, 1.54) is 0 Å². The second kappa shape index (κ2) is 39.0. The number of hydrogen-bond donors (Lipinski definition) is 2. The summed E-state index contributed by atoms with van der Waals surface area (Å²) in [6.45, 7) is 5.60. The fourth-order valence-electron chi connectivity index (χ4n) is 1.15. The molecular formula is C11H28Cl3GeN3S4-4. The van der Waals surface area contributed by atoms with Crippen LogP contribution < -0.4 is 11.1 Å². The molecule has 0 aromatic carbocycles. The van der Waals surface area contributed by atoms with Crippen molar-refractivity contribution in [3.63, 3.8) is 0 Å². The molecule has 0 heterocycles. The van der Waals surface area contributed by atoms with Gasteiger partial charge in [-0.25, -0.2) is 0 Å². The van der Waals surface area contributed by atoms with E-state index in [-0.39, 0.29) is 54.8 Å². The maximum Gasteiger partial charge on any atom is 0 e. The first kappa shape index (κ1) is 39.7. The van der Waals surface area contributed by atoms with Crippen LogP contribution in [0.3, 0.4) is 0 Å². The Bertz CT molecular complexity index is 139. The number of halogens is 3. The molecule has 0 aliphatic rings. The predicted molar refractivity (Wildman–Crippen MR) is 119 cm³/mol. The Morgan fingerprint density at radius 1 is 0.727 bits per heavy atom. The van der Waals surface area contributed by atoms with E-state index in [1.807, 2.05) is 0 Å². The van der Waals surface area contributed by atoms with E-state index in [0.717, 1.165) is 68.7 Å². The van der Waals surface area contributed by atoms with Crippen molar-refractivity contribution >= 4 is 105 Å². The summed E-state index contributed by atoms with van der Waals surface area (Å²) in [7, 11) is 0. The molecule has 0 saturated carbocycles. The van der Waals surface area contributed by atoms with Gasteiger partial charge >= 0.3 is 0 Å². The average molecular weight is 510 g/mol. The minimum Gasteiger partial charge on any atom is -0.791 e. The molecule has 0 rings (SSSR count). The van der Waals surface area contributed by atoms with Crippen LogP contribution in [0.2, 0.25) is 0 Å². The maximum atomic E-state index is 5.24. The van der Waals surface area contributed by atoms with Crippen LogP contribution in [0, 0.1) is 0 Å². The molecule has 3 nitrogen and oxygen atoms in total. The number of nitrogens with two attached hydrogens (primary N) is 1. The van der Waals surface area contributed by atoms with Crippen LogP contribution in [-0.4, -0.2) is 84.8 Å². The summed E-state index contributed by atoms with van der Waals surface area (Å²) in [6.07, 6.45) is 1.05. The second-order valence-corrected chi connectivity index (χ2v) is 5.18. The van der Waals surface area contributed by atoms with Gasteiger partial charge in [0.25, 0.3) is 0 Å². The Kier molecular flexibility index (Phi) is 70.3. The van der Waals surface area contributed by atoms with Crippen molar-refractivity contribution in [3.05, 3.63) is 0 Å². The van der Waals surface area contributed by atoms with Gasteiger partial charge in [0.2, 0.25) is 0 Å². The molecule has 4 radical (unpaired) electrons. The minimum atomic E-state index is 0. The third-order valence-electron chi connectivity index (χ3n) is 2.06. The fourth-order valence-corrected chi connectivity index (χ4v) is 2.07. The van der Waals surface area contributed by atoms with E-state index in [1.54, 1.807) is 0 Å². The Balaban J connectivity index is -0.0000000500. The molecule has 0 bridgehead atoms. The minimum absolute atomic E-state index is 0. The summed E-state index contributed by atoms with van der Waals surface area (Å²) < 4.78 is 0. The molecule has 11 heteroatoms. The smallest absolute Gasteiger partial charge is 0 e. The summed E-state index contributed by atoms with van der Waals surface area (Å²) in [5.41, 5.74) is 5.24. The van der Waals surface area contributed by atoms with Crippen LogP contribution in [0.4, 0.5) is 0 Å². The van der Waals surface area contributed by atoms with Gasteiger partial charge in [0.15, 0.2) is 0 Å². The zero-order chi connectivity index (χ0) is 14.1. The van der Waals surface area contributed by atoms with E-state index in [4.69, 9.17) is 56.2 Å². The molecular weight excluding hydrogens is 481 g/mol. The molecule has 0 saturated heterocycles. The van der Waals surface area contributed by atoms with Gasteiger partial charge < -0.3 is 66.5 Å². The molecule has 0 aliphatic carbocycles. The molecule has 3 N–H and O–H groups in total. The molecule has 140 valence electrons. The molecule has 0 atom stereocenters. The maximum absolute atomic E-state index is 5.24. The van der Waals surface area contributed by atoms with Gasteiger partial charge in [0, 0.05) is 17.6 Å². The quantitative estimate of drug-likeness (QED) is 0.236. The summed E-state index contributed by atoms with van der Waals surface area (Å²) >= 11 is 19.2. The summed E-state index contributed by atoms with van der Waals surface area (Å²) in [6, 6.07) is 0. The Morgan fingerprint density at radius 3 is 1.41 bits per heavy atom. The van der Waals surface area contributed by atoms with Crippen molar-refractivity contribution in [1.29, 1.82) is 0 Å². The van der Waals surface area contributed by atoms with Gasteiger partial charge in [-0.3, -0.25) is 0 Å². The van der Waals surface area contributed by atoms with E-state index in [9.17, 15) is 0 Å². The van der Waals surface area contributed by atoms with E-state index in [0.29, 0.717) is 0 Å². The fraction of sp³-hybridized carbons (Fsp3) is 1.00. The number of rotatable bonds is 11. The number of nitrogens with zero attached hydrogens (tertiary/aromatic N) is 1. The van der Waals surface area contributed by atoms with Crippen molar-refractivity contribution in [2.45, 2.75) is 6.42 Å². The molecule has 0 unspecified atom stereocenters. The van der Waals surface area contributed by atoms with Gasteiger partial charge in [0.1, 0.15) is 0 Å². The normalized spacial score (nSPS) is 8.45. The second-order valence-electron chi connectivity index (χ2n) is 3.55. The first-order chi connectivity index (χ1) is 8.76. The van der Waals surface area contributed by atoms with Gasteiger partial charge in [-0.05, 0) is 45.7 Å². The standard InChI is InChI=1S/C6H15NS3.C5H14N2S.3ClH.Ge/c8-4-1-7(2-5-9)3-6-10;6-2-1-3-7-4-5-8;;;;/h8-10H,1-6H2;7-8H,1-6H2;3*1H;/p-4. The number of hydrogen-bond acceptors (Lipinski definition) is 7. The molecule has 0 fully saturated rings. The van der Waals surface area contributed by atoms with Crippen LogP contribution in [-0.2, 0) is 50.5 Å². The first-order valence-electron chi connectivity index (χ1n) is 6.22. The zero-order valence-electron chi connectivity index (χ0n) is 12.7. The Morgan fingerprint density at radius 2 is 1.14 bits per heavy atom. The van der Waals surface area contributed by atoms with Gasteiger partial charge in [-0.1, -0.05) is 0 Å². The molecule has 22 heavy (non-hydrogen) atoms. The van der Waals surface area contributed by atoms with Gasteiger partial charge in [-0.15, -0.1) is 37.2 Å². The van der Waals surface area contributed by atoms with Crippen LogP contribution in [0.15, 0.2) is 0 Å². The van der Waals surface area contributed by atoms with Crippen molar-refractivity contribution in [2.24, 2.45) is 5.73 Å². The van der Waals surface area contributed by atoms with Gasteiger partial charge in [0.05, 0.1) is 0 Å². The zero-order valence-corrected chi connectivity index (χ0v) is 20.5. The molecule has 0 amide bonds. The van der Waals surface area contributed by atoms with Crippen LogP contribution in [0.1, 0.15) is 6.42 Å². The largest absolute Gasteiger partial charge is 0.791 e. The monoisotopic (exact) mass is 509 g/mol. The Labute approximate surface area is 188 Å². The molecule has 0 aliphatic heterocycles. The Hall–Kier alpha value is 2.69. The van der Waals surface area contributed by atoms with E-state index < -0.39 is 0 Å². The average Bonchev–Trinajstić information content (AvgIpc) is 2.37. The summed E-state index contributed by atoms with van der Waals surface area (Å²) in [5.74, 6) is 3.14. The topological polar surface area (TPSA) is 41.3 Å². The summed E-state index contributed by atoms with van der Waals surface area (Å²) in [4.78, 5) is 2.23. The molecule has 0 aromatic heterocycles. The molecule has 0 spiro atoms. The van der Waals surface area contributed by atoms with E-state index >= 15 is 0 Å².